The maximum absolute atomic E-state index is 13.0. The molecule has 0 radical (unpaired) electrons. The van der Waals surface area contributed by atoms with Gasteiger partial charge in [0.1, 0.15) is 0 Å². The fraction of sp³-hybridized carbons (Fsp3) is 0.364. The quantitative estimate of drug-likeness (QED) is 0.745. The number of hydrogen-bond acceptors (Lipinski definition) is 3. The number of rotatable bonds is 4. The van der Waals surface area contributed by atoms with E-state index in [0.717, 1.165) is 23.7 Å². The van der Waals surface area contributed by atoms with Crippen molar-refractivity contribution in [1.82, 2.24) is 0 Å². The molecule has 1 aliphatic carbocycles. The number of amides is 1. The largest absolute Gasteiger partial charge is 0.375 e. The second-order valence-corrected chi connectivity index (χ2v) is 8.28. The van der Waals surface area contributed by atoms with Crippen LogP contribution in [0.4, 0.5) is 5.69 Å². The van der Waals surface area contributed by atoms with Gasteiger partial charge < -0.3 is 10.0 Å². The van der Waals surface area contributed by atoms with Crippen LogP contribution in [0.25, 0.3) is 0 Å². The average molecular weight is 428 g/mol. The third-order valence-electron chi connectivity index (χ3n) is 5.70. The smallest absolute Gasteiger partial charge is 0.264 e. The Bertz CT molecular complexity index is 939. The van der Waals surface area contributed by atoms with Crippen molar-refractivity contribution in [1.29, 1.82) is 0 Å². The Morgan fingerprint density at radius 2 is 1.89 bits per heavy atom. The van der Waals surface area contributed by atoms with E-state index < -0.39 is 11.5 Å². The second-order valence-electron chi connectivity index (χ2n) is 7.36. The normalized spacial score (nSPS) is 21.1. The molecule has 1 atom stereocenters. The van der Waals surface area contributed by atoms with E-state index in [2.05, 4.69) is 15.9 Å². The van der Waals surface area contributed by atoms with Crippen molar-refractivity contribution >= 4 is 33.3 Å². The van der Waals surface area contributed by atoms with Crippen molar-refractivity contribution in [3.8, 4) is 0 Å². The van der Waals surface area contributed by atoms with Gasteiger partial charge in [0.05, 0.1) is 12.1 Å². The van der Waals surface area contributed by atoms with Crippen LogP contribution in [0.15, 0.2) is 40.9 Å². The van der Waals surface area contributed by atoms with Crippen LogP contribution in [-0.2, 0) is 23.2 Å². The van der Waals surface area contributed by atoms with Crippen molar-refractivity contribution in [3.05, 3.63) is 63.1 Å². The number of anilines is 1. The first-order valence-electron chi connectivity index (χ1n) is 9.43. The summed E-state index contributed by atoms with van der Waals surface area (Å²) < 4.78 is 0.770. The Hall–Kier alpha value is -1.98. The summed E-state index contributed by atoms with van der Waals surface area (Å²) in [5, 5.41) is 11.3. The van der Waals surface area contributed by atoms with E-state index in [4.69, 9.17) is 0 Å². The van der Waals surface area contributed by atoms with E-state index in [1.807, 2.05) is 37.3 Å². The molecule has 1 N–H and O–H groups in total. The first kappa shape index (κ1) is 18.4. The third-order valence-corrected chi connectivity index (χ3v) is 6.19. The van der Waals surface area contributed by atoms with E-state index >= 15 is 0 Å². The number of likely N-dealkylation sites (N-methyl/N-ethyl adjacent to an activating group) is 1. The van der Waals surface area contributed by atoms with Gasteiger partial charge in [-0.05, 0) is 68.0 Å². The lowest BCUT2D eigenvalue weighted by molar-refractivity contribution is -0.135. The molecule has 0 aromatic heterocycles. The van der Waals surface area contributed by atoms with Crippen LogP contribution in [0, 0.1) is 0 Å². The molecule has 1 unspecified atom stereocenters. The van der Waals surface area contributed by atoms with Gasteiger partial charge in [-0.25, -0.2) is 0 Å². The highest BCUT2D eigenvalue weighted by molar-refractivity contribution is 9.10. The monoisotopic (exact) mass is 427 g/mol. The Labute approximate surface area is 167 Å². The summed E-state index contributed by atoms with van der Waals surface area (Å²) in [7, 11) is 0. The highest BCUT2D eigenvalue weighted by atomic mass is 79.9. The van der Waals surface area contributed by atoms with Crippen molar-refractivity contribution in [3.63, 3.8) is 0 Å². The van der Waals surface area contributed by atoms with Crippen LogP contribution in [0.3, 0.4) is 0 Å². The molecule has 4 rings (SSSR count). The summed E-state index contributed by atoms with van der Waals surface area (Å²) in [6.07, 6.45) is 4.12. The molecule has 2 aliphatic rings. The number of ketones is 1. The molecule has 0 spiro atoms. The minimum absolute atomic E-state index is 0.205. The number of hydrogen-bond donors (Lipinski definition) is 1. The molecule has 27 heavy (non-hydrogen) atoms. The summed E-state index contributed by atoms with van der Waals surface area (Å²) in [5.41, 5.74) is 2.45. The van der Waals surface area contributed by atoms with Crippen molar-refractivity contribution < 1.29 is 14.7 Å². The van der Waals surface area contributed by atoms with Gasteiger partial charge in [-0.1, -0.05) is 28.1 Å². The van der Waals surface area contributed by atoms with Gasteiger partial charge in [0.15, 0.2) is 11.4 Å². The average Bonchev–Trinajstić information content (AvgIpc) is 2.88. The maximum atomic E-state index is 13.0. The van der Waals surface area contributed by atoms with Crippen molar-refractivity contribution in [2.24, 2.45) is 0 Å². The number of carbonyl (C=O) groups is 2. The molecule has 4 nitrogen and oxygen atoms in total. The highest BCUT2D eigenvalue weighted by Crippen LogP contribution is 2.44. The minimum Gasteiger partial charge on any atom is -0.375 e. The van der Waals surface area contributed by atoms with E-state index in [0.29, 0.717) is 23.4 Å². The van der Waals surface area contributed by atoms with Crippen LogP contribution in [-0.4, -0.2) is 23.3 Å². The number of fused-ring (bicyclic) bond motifs is 2. The Morgan fingerprint density at radius 3 is 2.63 bits per heavy atom. The molecule has 0 saturated heterocycles. The SMILES string of the molecule is CCN1C(=O)C(O)(CC(=O)c2ccc3c(c2)CCCC3)c2cc(Br)ccc21. The Morgan fingerprint density at radius 1 is 1.15 bits per heavy atom. The lowest BCUT2D eigenvalue weighted by Crippen LogP contribution is -2.41. The van der Waals surface area contributed by atoms with E-state index in [1.165, 1.54) is 17.5 Å². The van der Waals surface area contributed by atoms with Gasteiger partial charge in [0, 0.05) is 22.1 Å². The van der Waals surface area contributed by atoms with E-state index in [1.54, 1.807) is 11.0 Å². The first-order chi connectivity index (χ1) is 12.9. The zero-order chi connectivity index (χ0) is 19.2. The van der Waals surface area contributed by atoms with Crippen LogP contribution in [0.1, 0.15) is 53.2 Å². The van der Waals surface area contributed by atoms with Crippen molar-refractivity contribution in [2.75, 3.05) is 11.4 Å². The van der Waals surface area contributed by atoms with Crippen LogP contribution in [0.2, 0.25) is 0 Å². The maximum Gasteiger partial charge on any atom is 0.264 e. The number of benzene rings is 2. The number of halogens is 1. The summed E-state index contributed by atoms with van der Waals surface area (Å²) in [6, 6.07) is 11.2. The van der Waals surface area contributed by atoms with Crippen LogP contribution < -0.4 is 4.90 Å². The summed E-state index contributed by atoms with van der Waals surface area (Å²) in [6.45, 7) is 2.31. The Balaban J connectivity index is 1.68. The van der Waals surface area contributed by atoms with Gasteiger partial charge in [-0.2, -0.15) is 0 Å². The molecular weight excluding hydrogens is 406 g/mol. The van der Waals surface area contributed by atoms with Gasteiger partial charge in [-0.15, -0.1) is 0 Å². The zero-order valence-electron chi connectivity index (χ0n) is 15.3. The lowest BCUT2D eigenvalue weighted by atomic mass is 9.85. The van der Waals surface area contributed by atoms with Crippen molar-refractivity contribution in [2.45, 2.75) is 44.6 Å². The van der Waals surface area contributed by atoms with E-state index in [-0.39, 0.29) is 12.2 Å². The van der Waals surface area contributed by atoms with Gasteiger partial charge in [0.25, 0.3) is 5.91 Å². The number of Topliss-reactive ketones (excluding diaryl/α,β-unsaturated/α-hetero) is 1. The fourth-order valence-corrected chi connectivity index (χ4v) is 4.61. The van der Waals surface area contributed by atoms with Gasteiger partial charge in [0.2, 0.25) is 0 Å². The minimum atomic E-state index is -1.82. The number of aryl methyl sites for hydroxylation is 2. The molecule has 2 aromatic rings. The molecule has 5 heteroatoms. The topological polar surface area (TPSA) is 57.6 Å². The fourth-order valence-electron chi connectivity index (χ4n) is 4.25. The molecule has 0 saturated carbocycles. The Kier molecular flexibility index (Phi) is 4.68. The molecule has 1 aliphatic heterocycles. The molecule has 1 amide bonds. The van der Waals surface area contributed by atoms with E-state index in [9.17, 15) is 14.7 Å². The summed E-state index contributed by atoms with van der Waals surface area (Å²) in [4.78, 5) is 27.5. The first-order valence-corrected chi connectivity index (χ1v) is 10.2. The predicted octanol–water partition coefficient (Wildman–Crippen LogP) is 4.16. The molecule has 2 aromatic carbocycles. The van der Waals surface area contributed by atoms with Gasteiger partial charge >= 0.3 is 0 Å². The molecule has 1 heterocycles. The molecular formula is C22H22BrNO3. The van der Waals surface area contributed by atoms with Gasteiger partial charge in [-0.3, -0.25) is 9.59 Å². The number of nitrogens with zero attached hydrogens (tertiary/aromatic N) is 1. The second kappa shape index (κ2) is 6.88. The summed E-state index contributed by atoms with van der Waals surface area (Å²) >= 11 is 3.40. The zero-order valence-corrected chi connectivity index (χ0v) is 16.9. The highest BCUT2D eigenvalue weighted by Gasteiger charge is 2.50. The standard InChI is InChI=1S/C22H22BrNO3/c1-2-24-19-10-9-17(23)12-18(19)22(27,21(24)26)13-20(25)16-8-7-14-5-3-4-6-15(14)11-16/h7-12,27H,2-6,13H2,1H3. The van der Waals surface area contributed by atoms with Crippen LogP contribution in [0.5, 0.6) is 0 Å². The van der Waals surface area contributed by atoms with Crippen LogP contribution >= 0.6 is 15.9 Å². The third kappa shape index (κ3) is 3.03. The number of carbonyl (C=O) groups excluding carboxylic acids is 2. The molecule has 140 valence electrons. The predicted molar refractivity (Wildman–Crippen MR) is 108 cm³/mol. The number of aliphatic hydroxyl groups is 1. The molecule has 0 bridgehead atoms. The molecule has 0 fully saturated rings. The lowest BCUT2D eigenvalue weighted by Gasteiger charge is -2.22. The summed E-state index contributed by atoms with van der Waals surface area (Å²) in [5.74, 6) is -0.632.